The van der Waals surface area contributed by atoms with Gasteiger partial charge in [0.15, 0.2) is 0 Å². The summed E-state index contributed by atoms with van der Waals surface area (Å²) < 4.78 is 0. The number of fused-ring (bicyclic) bond motifs is 1. The Morgan fingerprint density at radius 2 is 2.17 bits per heavy atom. The van der Waals surface area contributed by atoms with Gasteiger partial charge in [0, 0.05) is 17.5 Å². The lowest BCUT2D eigenvalue weighted by molar-refractivity contribution is -0.138. The van der Waals surface area contributed by atoms with E-state index >= 15 is 0 Å². The third kappa shape index (κ3) is 2.22. The molecule has 0 saturated heterocycles. The first-order chi connectivity index (χ1) is 8.50. The Labute approximate surface area is 109 Å². The number of halogens is 1. The number of carbonyl (C=O) groups is 1. The molecule has 0 radical (unpaired) electrons. The van der Waals surface area contributed by atoms with E-state index in [4.69, 9.17) is 16.7 Å². The number of anilines is 1. The average molecular weight is 266 g/mol. The van der Waals surface area contributed by atoms with Crippen molar-refractivity contribution in [2.75, 3.05) is 11.9 Å². The number of hydrogen-bond donors (Lipinski definition) is 1. The van der Waals surface area contributed by atoms with Crippen LogP contribution in [0.2, 0.25) is 5.02 Å². The fourth-order valence-electron chi connectivity index (χ4n) is 1.65. The zero-order chi connectivity index (χ0) is 13.3. The van der Waals surface area contributed by atoms with E-state index in [-0.39, 0.29) is 0 Å². The Morgan fingerprint density at radius 1 is 1.44 bits per heavy atom. The minimum atomic E-state index is -0.904. The predicted octanol–water partition coefficient (Wildman–Crippen LogP) is 2.19. The molecule has 6 heteroatoms. The van der Waals surface area contributed by atoms with Crippen molar-refractivity contribution < 1.29 is 9.90 Å². The second-order valence-corrected chi connectivity index (χ2v) is 4.42. The molecule has 2 rings (SSSR count). The normalized spacial score (nSPS) is 12.4. The van der Waals surface area contributed by atoms with Gasteiger partial charge < -0.3 is 10.0 Å². The minimum Gasteiger partial charge on any atom is -0.480 e. The van der Waals surface area contributed by atoms with E-state index in [2.05, 4.69) is 9.97 Å². The van der Waals surface area contributed by atoms with E-state index in [0.717, 1.165) is 5.39 Å². The highest BCUT2D eigenvalue weighted by Crippen LogP contribution is 2.25. The SMILES string of the molecule is CC(C(=O)O)N(C)c1ncnc2cc(Cl)ccc12. The molecule has 0 aliphatic carbocycles. The molecule has 0 aliphatic heterocycles. The number of likely N-dealkylation sites (N-methyl/N-ethyl adjacent to an activating group) is 1. The lowest BCUT2D eigenvalue weighted by atomic mass is 10.2. The van der Waals surface area contributed by atoms with Crippen LogP contribution in [0.25, 0.3) is 10.9 Å². The van der Waals surface area contributed by atoms with Crippen LogP contribution >= 0.6 is 11.6 Å². The van der Waals surface area contributed by atoms with E-state index in [1.165, 1.54) is 6.33 Å². The Hall–Kier alpha value is -1.88. The highest BCUT2D eigenvalue weighted by molar-refractivity contribution is 6.31. The molecule has 1 heterocycles. The van der Waals surface area contributed by atoms with Crippen molar-refractivity contribution in [2.24, 2.45) is 0 Å². The average Bonchev–Trinajstić information content (AvgIpc) is 2.35. The van der Waals surface area contributed by atoms with Crippen molar-refractivity contribution in [3.63, 3.8) is 0 Å². The smallest absolute Gasteiger partial charge is 0.326 e. The second kappa shape index (κ2) is 4.78. The topological polar surface area (TPSA) is 66.3 Å². The van der Waals surface area contributed by atoms with E-state index in [9.17, 15) is 4.79 Å². The van der Waals surface area contributed by atoms with Crippen molar-refractivity contribution in [2.45, 2.75) is 13.0 Å². The molecular formula is C12H12ClN3O2. The van der Waals surface area contributed by atoms with Gasteiger partial charge in [0.05, 0.1) is 5.52 Å². The van der Waals surface area contributed by atoms with Gasteiger partial charge in [-0.15, -0.1) is 0 Å². The van der Waals surface area contributed by atoms with E-state index in [0.29, 0.717) is 16.4 Å². The maximum Gasteiger partial charge on any atom is 0.326 e. The Morgan fingerprint density at radius 3 is 2.83 bits per heavy atom. The van der Waals surface area contributed by atoms with E-state index in [1.807, 2.05) is 0 Å². The van der Waals surface area contributed by atoms with Crippen LogP contribution in [0.15, 0.2) is 24.5 Å². The zero-order valence-electron chi connectivity index (χ0n) is 9.96. The molecule has 1 atom stereocenters. The highest BCUT2D eigenvalue weighted by Gasteiger charge is 2.20. The second-order valence-electron chi connectivity index (χ2n) is 3.98. The molecule has 0 fully saturated rings. The molecule has 0 saturated carbocycles. The third-order valence-electron chi connectivity index (χ3n) is 2.85. The maximum atomic E-state index is 11.0. The maximum absolute atomic E-state index is 11.0. The number of aromatic nitrogens is 2. The molecule has 1 aromatic carbocycles. The molecular weight excluding hydrogens is 254 g/mol. The van der Waals surface area contributed by atoms with Gasteiger partial charge in [0.25, 0.3) is 0 Å². The van der Waals surface area contributed by atoms with Gasteiger partial charge in [0.2, 0.25) is 0 Å². The van der Waals surface area contributed by atoms with Crippen LogP contribution in [0.3, 0.4) is 0 Å². The largest absolute Gasteiger partial charge is 0.480 e. The van der Waals surface area contributed by atoms with Crippen LogP contribution in [-0.2, 0) is 4.79 Å². The van der Waals surface area contributed by atoms with Crippen LogP contribution in [0.5, 0.6) is 0 Å². The van der Waals surface area contributed by atoms with Crippen LogP contribution < -0.4 is 4.90 Å². The number of carboxylic acids is 1. The molecule has 94 valence electrons. The third-order valence-corrected chi connectivity index (χ3v) is 3.09. The number of aliphatic carboxylic acids is 1. The number of hydrogen-bond acceptors (Lipinski definition) is 4. The molecule has 0 spiro atoms. The van der Waals surface area contributed by atoms with Crippen LogP contribution in [0.4, 0.5) is 5.82 Å². The van der Waals surface area contributed by atoms with Gasteiger partial charge in [-0.1, -0.05) is 11.6 Å². The van der Waals surface area contributed by atoms with Gasteiger partial charge in [-0.05, 0) is 25.1 Å². The first-order valence-electron chi connectivity index (χ1n) is 5.36. The molecule has 2 aromatic rings. The summed E-state index contributed by atoms with van der Waals surface area (Å²) in [5, 5.41) is 10.4. The number of nitrogens with zero attached hydrogens (tertiary/aromatic N) is 3. The van der Waals surface area contributed by atoms with Crippen molar-refractivity contribution in [3.05, 3.63) is 29.5 Å². The number of carboxylic acid groups (broad SMARTS) is 1. The Kier molecular flexibility index (Phi) is 3.34. The molecule has 0 aliphatic rings. The zero-order valence-corrected chi connectivity index (χ0v) is 10.7. The van der Waals surface area contributed by atoms with Gasteiger partial charge in [0.1, 0.15) is 18.2 Å². The predicted molar refractivity (Wildman–Crippen MR) is 70.0 cm³/mol. The molecule has 1 unspecified atom stereocenters. The van der Waals surface area contributed by atoms with Gasteiger partial charge >= 0.3 is 5.97 Å². The molecule has 18 heavy (non-hydrogen) atoms. The monoisotopic (exact) mass is 265 g/mol. The van der Waals surface area contributed by atoms with Crippen LogP contribution in [0, 0.1) is 0 Å². The quantitative estimate of drug-likeness (QED) is 0.921. The van der Waals surface area contributed by atoms with Crippen molar-refractivity contribution in [1.82, 2.24) is 9.97 Å². The molecule has 0 amide bonds. The fraction of sp³-hybridized carbons (Fsp3) is 0.250. The lowest BCUT2D eigenvalue weighted by Gasteiger charge is -2.23. The van der Waals surface area contributed by atoms with E-state index in [1.54, 1.807) is 37.1 Å². The molecule has 1 N–H and O–H groups in total. The first kappa shape index (κ1) is 12.6. The first-order valence-corrected chi connectivity index (χ1v) is 5.74. The van der Waals surface area contributed by atoms with Crippen molar-refractivity contribution in [3.8, 4) is 0 Å². The van der Waals surface area contributed by atoms with E-state index < -0.39 is 12.0 Å². The van der Waals surface area contributed by atoms with Crippen molar-refractivity contribution in [1.29, 1.82) is 0 Å². The highest BCUT2D eigenvalue weighted by atomic mass is 35.5. The van der Waals surface area contributed by atoms with Crippen molar-refractivity contribution >= 4 is 34.3 Å². The fourth-order valence-corrected chi connectivity index (χ4v) is 1.81. The Bertz CT molecular complexity index is 603. The number of benzene rings is 1. The number of rotatable bonds is 3. The standard InChI is InChI=1S/C12H12ClN3O2/c1-7(12(17)18)16(2)11-9-4-3-8(13)5-10(9)14-6-15-11/h3-7H,1-2H3,(H,17,18). The minimum absolute atomic E-state index is 0.576. The van der Waals surface area contributed by atoms with Gasteiger partial charge in [-0.3, -0.25) is 0 Å². The molecule has 1 aromatic heterocycles. The summed E-state index contributed by atoms with van der Waals surface area (Å²) >= 11 is 5.90. The van der Waals surface area contributed by atoms with Crippen LogP contribution in [-0.4, -0.2) is 34.1 Å². The summed E-state index contributed by atoms with van der Waals surface area (Å²) in [4.78, 5) is 20.9. The van der Waals surface area contributed by atoms with Crippen LogP contribution in [0.1, 0.15) is 6.92 Å². The summed E-state index contributed by atoms with van der Waals surface area (Å²) in [6, 6.07) is 4.58. The van der Waals surface area contributed by atoms with Gasteiger partial charge in [-0.25, -0.2) is 14.8 Å². The summed E-state index contributed by atoms with van der Waals surface area (Å²) in [5.41, 5.74) is 0.692. The summed E-state index contributed by atoms with van der Waals surface area (Å²) in [6.07, 6.45) is 1.40. The molecule has 5 nitrogen and oxygen atoms in total. The van der Waals surface area contributed by atoms with Gasteiger partial charge in [-0.2, -0.15) is 0 Å². The summed E-state index contributed by atoms with van der Waals surface area (Å²) in [7, 11) is 1.69. The lowest BCUT2D eigenvalue weighted by Crippen LogP contribution is -2.36. The molecule has 0 bridgehead atoms. The summed E-state index contributed by atoms with van der Waals surface area (Å²) in [5.74, 6) is -0.329. The summed E-state index contributed by atoms with van der Waals surface area (Å²) in [6.45, 7) is 1.60. The Balaban J connectivity index is 2.54.